The number of aromatic amines is 1. The molecule has 6 nitrogen and oxygen atoms in total. The summed E-state index contributed by atoms with van der Waals surface area (Å²) < 4.78 is 0.322. The second-order valence-electron chi connectivity index (χ2n) is 3.32. The van der Waals surface area contributed by atoms with Gasteiger partial charge in [0.2, 0.25) is 5.75 Å². The summed E-state index contributed by atoms with van der Waals surface area (Å²) in [5.74, 6) is -0.768. The Labute approximate surface area is 117 Å². The molecule has 2 aromatic rings. The van der Waals surface area contributed by atoms with Crippen molar-refractivity contribution in [3.05, 3.63) is 41.1 Å². The molecule has 2 rings (SSSR count). The van der Waals surface area contributed by atoms with E-state index in [1.165, 1.54) is 6.07 Å². The van der Waals surface area contributed by atoms with Crippen molar-refractivity contribution >= 4 is 55.7 Å². The summed E-state index contributed by atoms with van der Waals surface area (Å²) in [4.78, 5) is 23.4. The molecule has 0 amide bonds. The monoisotopic (exact) mass is 352 g/mol. The van der Waals surface area contributed by atoms with Gasteiger partial charge in [0, 0.05) is 0 Å². The fraction of sp³-hybridized carbons (Fsp3) is 0. The normalized spacial score (nSPS) is 10.8. The lowest BCUT2D eigenvalue weighted by atomic mass is 10.2. The number of benzene rings is 1. The molecule has 1 aromatic heterocycles. The van der Waals surface area contributed by atoms with Crippen molar-refractivity contribution in [2.45, 2.75) is 0 Å². The van der Waals surface area contributed by atoms with Crippen LogP contribution in [0.2, 0.25) is 10.0 Å². The van der Waals surface area contributed by atoms with E-state index in [0.29, 0.717) is 4.47 Å². The lowest BCUT2D eigenvalue weighted by Gasteiger charge is -2.06. The van der Waals surface area contributed by atoms with Gasteiger partial charge < -0.3 is 10.1 Å². The van der Waals surface area contributed by atoms with Crippen molar-refractivity contribution in [2.75, 3.05) is 0 Å². The zero-order valence-electron chi connectivity index (χ0n) is 8.33. The Balaban J connectivity index is 3.06. The average molecular weight is 354 g/mol. The number of hydrogen-bond donors (Lipinski definition) is 2. The van der Waals surface area contributed by atoms with Crippen LogP contribution in [0.15, 0.2) is 15.3 Å². The Morgan fingerprint density at radius 3 is 2.61 bits per heavy atom. The van der Waals surface area contributed by atoms with Crippen LogP contribution in [0, 0.1) is 10.1 Å². The van der Waals surface area contributed by atoms with Crippen LogP contribution in [0.5, 0.6) is 5.75 Å². The molecule has 2 N–H and O–H groups in total. The van der Waals surface area contributed by atoms with Crippen LogP contribution in [0.3, 0.4) is 0 Å². The Morgan fingerprint density at radius 1 is 1.44 bits per heavy atom. The van der Waals surface area contributed by atoms with Gasteiger partial charge in [-0.2, -0.15) is 0 Å². The summed E-state index contributed by atoms with van der Waals surface area (Å²) in [7, 11) is 0. The van der Waals surface area contributed by atoms with Gasteiger partial charge in [0.1, 0.15) is 0 Å². The zero-order valence-corrected chi connectivity index (χ0v) is 11.4. The second kappa shape index (κ2) is 4.42. The number of aromatic hydroxyl groups is 1. The van der Waals surface area contributed by atoms with Gasteiger partial charge in [-0.3, -0.25) is 14.9 Å². The molecule has 0 spiro atoms. The van der Waals surface area contributed by atoms with Gasteiger partial charge in [-0.15, -0.1) is 0 Å². The molecule has 94 valence electrons. The predicted octanol–water partition coefficient (Wildman–Crippen LogP) is 3.21. The van der Waals surface area contributed by atoms with Gasteiger partial charge in [-0.1, -0.05) is 23.2 Å². The number of nitrogens with one attached hydrogen (secondary N) is 1. The topological polar surface area (TPSA) is 96.2 Å². The summed E-state index contributed by atoms with van der Waals surface area (Å²) in [6, 6.07) is 1.27. The van der Waals surface area contributed by atoms with Crippen molar-refractivity contribution in [2.24, 2.45) is 0 Å². The highest BCUT2D eigenvalue weighted by Crippen LogP contribution is 2.40. The van der Waals surface area contributed by atoms with Crippen LogP contribution in [-0.4, -0.2) is 15.0 Å². The van der Waals surface area contributed by atoms with Crippen LogP contribution >= 0.6 is 39.1 Å². The van der Waals surface area contributed by atoms with Crippen LogP contribution in [0.25, 0.3) is 10.9 Å². The minimum absolute atomic E-state index is 0.000463. The van der Waals surface area contributed by atoms with E-state index in [0.717, 1.165) is 0 Å². The fourth-order valence-corrected chi connectivity index (χ4v) is 2.30. The molecule has 0 bridgehead atoms. The quantitative estimate of drug-likeness (QED) is 0.467. The van der Waals surface area contributed by atoms with Gasteiger partial charge in [-0.25, -0.2) is 0 Å². The van der Waals surface area contributed by atoms with Gasteiger partial charge >= 0.3 is 11.2 Å². The number of nitro groups is 1. The summed E-state index contributed by atoms with van der Waals surface area (Å²) in [5, 5.41) is 20.6. The molecule has 0 aliphatic heterocycles. The van der Waals surface area contributed by atoms with E-state index >= 15 is 0 Å². The number of H-pyrrole nitrogens is 1. The molecule has 1 aromatic carbocycles. The number of nitrogens with zero attached hydrogens (tertiary/aromatic N) is 1. The molecular formula is C9H3BrCl2N2O4. The summed E-state index contributed by atoms with van der Waals surface area (Å²) >= 11 is 14.9. The van der Waals surface area contributed by atoms with Gasteiger partial charge in [0.25, 0.3) is 0 Å². The Bertz CT molecular complexity index is 744. The lowest BCUT2D eigenvalue weighted by Crippen LogP contribution is -2.12. The van der Waals surface area contributed by atoms with Crippen LogP contribution in [0.1, 0.15) is 0 Å². The minimum Gasteiger partial charge on any atom is -0.501 e. The molecule has 0 saturated carbocycles. The van der Waals surface area contributed by atoms with Crippen LogP contribution in [-0.2, 0) is 0 Å². The van der Waals surface area contributed by atoms with E-state index in [9.17, 15) is 20.0 Å². The first-order valence-electron chi connectivity index (χ1n) is 4.41. The number of fused-ring (bicyclic) bond motifs is 1. The largest absolute Gasteiger partial charge is 0.501 e. The molecule has 9 heteroatoms. The number of rotatable bonds is 1. The van der Waals surface area contributed by atoms with Gasteiger partial charge in [0.15, 0.2) is 0 Å². The summed E-state index contributed by atoms with van der Waals surface area (Å²) in [6.07, 6.45) is 0. The van der Waals surface area contributed by atoms with Crippen molar-refractivity contribution in [3.8, 4) is 5.75 Å². The molecule has 0 aliphatic rings. The van der Waals surface area contributed by atoms with Gasteiger partial charge in [-0.05, 0) is 22.0 Å². The molecule has 0 unspecified atom stereocenters. The maximum absolute atomic E-state index is 11.5. The molecule has 18 heavy (non-hydrogen) atoms. The third kappa shape index (κ3) is 1.84. The SMILES string of the molecule is O=c1[nH]c2c(Cl)c(Br)c(Cl)cc2c(O)c1[N+](=O)[O-]. The molecule has 0 atom stereocenters. The maximum Gasteiger partial charge on any atom is 0.375 e. The second-order valence-corrected chi connectivity index (χ2v) is 4.90. The first-order chi connectivity index (χ1) is 8.34. The number of hydrogen-bond acceptors (Lipinski definition) is 4. The Hall–Kier alpha value is -1.31. The molecule has 0 fully saturated rings. The number of pyridine rings is 1. The highest BCUT2D eigenvalue weighted by atomic mass is 79.9. The van der Waals surface area contributed by atoms with E-state index in [1.54, 1.807) is 0 Å². The van der Waals surface area contributed by atoms with Crippen molar-refractivity contribution < 1.29 is 10.0 Å². The minimum atomic E-state index is -1.04. The molecule has 0 radical (unpaired) electrons. The van der Waals surface area contributed by atoms with Crippen molar-refractivity contribution in [3.63, 3.8) is 0 Å². The van der Waals surface area contributed by atoms with E-state index in [4.69, 9.17) is 23.2 Å². The Kier molecular flexibility index (Phi) is 3.22. The standard InChI is InChI=1S/C9H3BrCl2N2O4/c10-4-3(11)1-2-6(5(4)12)13-9(16)7(8(2)15)14(17)18/h1H,(H2,13,15,16). The zero-order chi connectivity index (χ0) is 13.6. The summed E-state index contributed by atoms with van der Waals surface area (Å²) in [5.41, 5.74) is -1.92. The van der Waals surface area contributed by atoms with E-state index < -0.39 is 21.9 Å². The third-order valence-electron chi connectivity index (χ3n) is 2.28. The van der Waals surface area contributed by atoms with E-state index in [2.05, 4.69) is 20.9 Å². The average Bonchev–Trinajstić information content (AvgIpc) is 2.28. The molecular weight excluding hydrogens is 351 g/mol. The highest BCUT2D eigenvalue weighted by molar-refractivity contribution is 9.10. The lowest BCUT2D eigenvalue weighted by molar-refractivity contribution is -0.387. The third-order valence-corrected chi connectivity index (χ3v) is 4.23. The maximum atomic E-state index is 11.5. The van der Waals surface area contributed by atoms with Crippen molar-refractivity contribution in [1.29, 1.82) is 0 Å². The first-order valence-corrected chi connectivity index (χ1v) is 5.96. The Morgan fingerprint density at radius 2 is 2.06 bits per heavy atom. The molecule has 0 aliphatic carbocycles. The van der Waals surface area contributed by atoms with E-state index in [1.807, 2.05) is 0 Å². The van der Waals surface area contributed by atoms with Crippen LogP contribution < -0.4 is 5.56 Å². The summed E-state index contributed by atoms with van der Waals surface area (Å²) in [6.45, 7) is 0. The molecule has 0 saturated heterocycles. The molecule has 1 heterocycles. The van der Waals surface area contributed by atoms with Crippen molar-refractivity contribution in [1.82, 2.24) is 4.98 Å². The van der Waals surface area contributed by atoms with Crippen LogP contribution in [0.4, 0.5) is 5.69 Å². The number of halogens is 3. The first kappa shape index (κ1) is 13.1. The predicted molar refractivity (Wildman–Crippen MR) is 70.6 cm³/mol. The van der Waals surface area contributed by atoms with E-state index in [-0.39, 0.29) is 20.9 Å². The smallest absolute Gasteiger partial charge is 0.375 e. The number of aromatic nitrogens is 1. The van der Waals surface area contributed by atoms with Gasteiger partial charge in [0.05, 0.1) is 30.3 Å². The highest BCUT2D eigenvalue weighted by Gasteiger charge is 2.24. The fourth-order valence-electron chi connectivity index (χ4n) is 1.48.